The highest BCUT2D eigenvalue weighted by Gasteiger charge is 2.67. The lowest BCUT2D eigenvalue weighted by Crippen LogP contribution is -2.65. The average molecular weight is 518 g/mol. The number of aliphatic hydroxyl groups excluding tert-OH is 3. The van der Waals surface area contributed by atoms with Crippen molar-refractivity contribution >= 4 is 23.3 Å². The van der Waals surface area contributed by atoms with E-state index in [0.29, 0.717) is 35.6 Å². The molecule has 0 aliphatic carbocycles. The summed E-state index contributed by atoms with van der Waals surface area (Å²) in [7, 11) is 0. The molecule has 0 amide bonds. The van der Waals surface area contributed by atoms with Crippen LogP contribution in [0.1, 0.15) is 55.4 Å². The number of benzene rings is 2. The second kappa shape index (κ2) is 10.6. The Hall–Kier alpha value is -2.33. The van der Waals surface area contributed by atoms with Crippen LogP contribution in [-0.2, 0) is 31.2 Å². The first-order valence-corrected chi connectivity index (χ1v) is 12.5. The number of hydrogen-bond acceptors (Lipinski definition) is 8. The molecule has 2 aromatic rings. The smallest absolute Gasteiger partial charge is 0.305 e. The van der Waals surface area contributed by atoms with Crippen molar-refractivity contribution < 1.29 is 34.3 Å². The first kappa shape index (κ1) is 26.7. The lowest BCUT2D eigenvalue weighted by Gasteiger charge is -2.46. The second-order valence-electron chi connectivity index (χ2n) is 9.43. The number of esters is 1. The van der Waals surface area contributed by atoms with Crippen molar-refractivity contribution in [2.45, 2.75) is 69.2 Å². The summed E-state index contributed by atoms with van der Waals surface area (Å²) in [4.78, 5) is 12.0. The maximum atomic E-state index is 12.0. The fourth-order valence-electron chi connectivity index (χ4n) is 4.71. The molecule has 4 N–H and O–H groups in total. The largest absolute Gasteiger partial charge is 0.462 e. The fourth-order valence-corrected chi connectivity index (χ4v) is 4.90. The Labute approximate surface area is 215 Å². The Morgan fingerprint density at radius 2 is 1.86 bits per heavy atom. The van der Waals surface area contributed by atoms with E-state index in [4.69, 9.17) is 31.2 Å². The van der Waals surface area contributed by atoms with E-state index in [0.717, 1.165) is 16.7 Å². The number of carbonyl (C=O) groups is 1. The molecule has 0 saturated carbocycles. The molecule has 2 aliphatic heterocycles. The normalized spacial score (nSPS) is 29.2. The van der Waals surface area contributed by atoms with Gasteiger partial charge in [0.05, 0.1) is 6.61 Å². The van der Waals surface area contributed by atoms with Crippen molar-refractivity contribution in [1.29, 1.82) is 5.41 Å². The lowest BCUT2D eigenvalue weighted by molar-refractivity contribution is -0.330. The van der Waals surface area contributed by atoms with Crippen LogP contribution in [0.4, 0.5) is 0 Å². The maximum absolute atomic E-state index is 12.0. The van der Waals surface area contributed by atoms with Gasteiger partial charge in [-0.1, -0.05) is 55.8 Å². The summed E-state index contributed by atoms with van der Waals surface area (Å²) in [6, 6.07) is 12.7. The van der Waals surface area contributed by atoms with Crippen LogP contribution in [0.5, 0.6) is 0 Å². The van der Waals surface area contributed by atoms with Crippen molar-refractivity contribution in [1.82, 2.24) is 0 Å². The number of halogens is 1. The molecule has 2 aromatic carbocycles. The zero-order chi connectivity index (χ0) is 26.1. The first-order valence-electron chi connectivity index (χ1n) is 12.2. The zero-order valence-electron chi connectivity index (χ0n) is 20.4. The van der Waals surface area contributed by atoms with E-state index in [-0.39, 0.29) is 19.6 Å². The maximum Gasteiger partial charge on any atom is 0.305 e. The molecule has 194 valence electrons. The number of nitrogens with one attached hydrogen (secondary N) is 1. The van der Waals surface area contributed by atoms with Gasteiger partial charge in [-0.05, 0) is 48.1 Å². The molecule has 2 fully saturated rings. The number of ether oxygens (including phenoxy) is 3. The molecule has 2 heterocycles. The number of hydrogen-bond donors (Lipinski definition) is 4. The van der Waals surface area contributed by atoms with Gasteiger partial charge in [0.25, 0.3) is 0 Å². The van der Waals surface area contributed by atoms with E-state index in [2.05, 4.69) is 0 Å². The average Bonchev–Trinajstić information content (AvgIpc) is 3.26. The first-order chi connectivity index (χ1) is 17.2. The van der Waals surface area contributed by atoms with Gasteiger partial charge in [0.1, 0.15) is 24.9 Å². The molecule has 5 atom stereocenters. The van der Waals surface area contributed by atoms with Gasteiger partial charge in [0.2, 0.25) is 5.79 Å². The van der Waals surface area contributed by atoms with Gasteiger partial charge in [-0.25, -0.2) is 0 Å². The Kier molecular flexibility index (Phi) is 7.85. The molecule has 36 heavy (non-hydrogen) atoms. The lowest BCUT2D eigenvalue weighted by atomic mass is 9.83. The number of fused-ring (bicyclic) bond motifs is 2. The Morgan fingerprint density at radius 3 is 2.53 bits per heavy atom. The predicted octanol–water partition coefficient (Wildman–Crippen LogP) is 3.09. The summed E-state index contributed by atoms with van der Waals surface area (Å²) in [5.41, 5.74) is 2.04. The van der Waals surface area contributed by atoms with Gasteiger partial charge in [-0.2, -0.15) is 0 Å². The summed E-state index contributed by atoms with van der Waals surface area (Å²) in [5, 5.41) is 40.9. The van der Waals surface area contributed by atoms with Gasteiger partial charge in [-0.15, -0.1) is 0 Å². The van der Waals surface area contributed by atoms with Gasteiger partial charge in [-0.3, -0.25) is 4.79 Å². The van der Waals surface area contributed by atoms with Crippen molar-refractivity contribution in [3.05, 3.63) is 69.7 Å². The molecular formula is C27H32ClNO7. The van der Waals surface area contributed by atoms with Crippen LogP contribution in [0.25, 0.3) is 0 Å². The van der Waals surface area contributed by atoms with Gasteiger partial charge in [0, 0.05) is 22.7 Å². The molecular weight excluding hydrogens is 486 g/mol. The van der Waals surface area contributed by atoms with Crippen molar-refractivity contribution in [2.24, 2.45) is 0 Å². The van der Waals surface area contributed by atoms with E-state index in [1.165, 1.54) is 0 Å². The van der Waals surface area contributed by atoms with Gasteiger partial charge >= 0.3 is 5.97 Å². The molecule has 2 saturated heterocycles. The molecule has 2 aliphatic rings. The van der Waals surface area contributed by atoms with Gasteiger partial charge in [0.15, 0.2) is 5.60 Å². The highest BCUT2D eigenvalue weighted by Crippen LogP contribution is 2.50. The zero-order valence-corrected chi connectivity index (χ0v) is 21.1. The Bertz CT molecular complexity index is 1120. The molecule has 9 heteroatoms. The summed E-state index contributed by atoms with van der Waals surface area (Å²) >= 11 is 6.49. The quantitative estimate of drug-likeness (QED) is 0.297. The third-order valence-electron chi connectivity index (χ3n) is 6.89. The van der Waals surface area contributed by atoms with Gasteiger partial charge < -0.3 is 34.9 Å². The third kappa shape index (κ3) is 4.81. The molecule has 0 unspecified atom stereocenters. The topological polar surface area (TPSA) is 129 Å². The van der Waals surface area contributed by atoms with E-state index in [1.54, 1.807) is 18.2 Å². The third-order valence-corrected chi connectivity index (χ3v) is 7.26. The van der Waals surface area contributed by atoms with E-state index >= 15 is 0 Å². The fraction of sp³-hybridized carbons (Fsp3) is 0.481. The van der Waals surface area contributed by atoms with Crippen LogP contribution in [0.15, 0.2) is 42.5 Å². The van der Waals surface area contributed by atoms with Crippen LogP contribution in [0, 0.1) is 5.41 Å². The van der Waals surface area contributed by atoms with Crippen LogP contribution in [0.3, 0.4) is 0 Å². The summed E-state index contributed by atoms with van der Waals surface area (Å²) in [6.45, 7) is 3.27. The molecule has 0 aromatic heterocycles. The minimum absolute atomic E-state index is 0.190. The highest BCUT2D eigenvalue weighted by atomic mass is 35.5. The Morgan fingerprint density at radius 1 is 1.14 bits per heavy atom. The van der Waals surface area contributed by atoms with Crippen molar-refractivity contribution in [3.63, 3.8) is 0 Å². The number of rotatable bonds is 9. The SMILES string of the molecule is CCCC(=O)OC[C@@]12CO[C@@](c3ccc(Cl)c(Cc4ccc(C(=N)CC)cc4)c3)(O1)[C@H](O)[C@@H](O)[C@@H]2O. The van der Waals surface area contributed by atoms with Crippen molar-refractivity contribution in [2.75, 3.05) is 13.2 Å². The van der Waals surface area contributed by atoms with Crippen LogP contribution in [0.2, 0.25) is 5.02 Å². The molecule has 2 bridgehead atoms. The van der Waals surface area contributed by atoms with Crippen LogP contribution in [-0.4, -0.2) is 64.1 Å². The minimum Gasteiger partial charge on any atom is -0.462 e. The summed E-state index contributed by atoms with van der Waals surface area (Å²) in [5.74, 6) is -2.22. The highest BCUT2D eigenvalue weighted by molar-refractivity contribution is 6.31. The summed E-state index contributed by atoms with van der Waals surface area (Å²) < 4.78 is 17.4. The molecule has 8 nitrogen and oxygen atoms in total. The van der Waals surface area contributed by atoms with Crippen molar-refractivity contribution in [3.8, 4) is 0 Å². The van der Waals surface area contributed by atoms with E-state index < -0.39 is 35.7 Å². The molecule has 0 spiro atoms. The monoisotopic (exact) mass is 517 g/mol. The summed E-state index contributed by atoms with van der Waals surface area (Å²) in [6.07, 6.45) is -2.76. The van der Waals surface area contributed by atoms with E-state index in [9.17, 15) is 20.1 Å². The second-order valence-corrected chi connectivity index (χ2v) is 9.83. The predicted molar refractivity (Wildman–Crippen MR) is 133 cm³/mol. The van der Waals surface area contributed by atoms with E-state index in [1.807, 2.05) is 38.1 Å². The standard InChI is InChI=1S/C27H32ClNO7/c1-3-5-22(30)34-14-26-15-35-27(36-26,25(33)23(31)24(26)32)19-10-11-20(28)18(13-19)12-16-6-8-17(9-7-16)21(29)4-2/h6-11,13,23-25,29,31-33H,3-5,12,14-15H2,1-2H3/t23-,24-,25+,26-,27-/m0/s1. The minimum atomic E-state index is -1.77. The number of carbonyl (C=O) groups excluding carboxylic acids is 1. The molecule has 0 radical (unpaired) electrons. The number of aliphatic hydroxyl groups is 3. The van der Waals surface area contributed by atoms with Crippen LogP contribution < -0.4 is 0 Å². The molecule has 4 rings (SSSR count). The Balaban J connectivity index is 1.61. The van der Waals surface area contributed by atoms with Crippen LogP contribution >= 0.6 is 11.6 Å².